The summed E-state index contributed by atoms with van der Waals surface area (Å²) in [4.78, 5) is 0. The molecule has 0 radical (unpaired) electrons. The van der Waals surface area contributed by atoms with Gasteiger partial charge < -0.3 is 5.32 Å². The van der Waals surface area contributed by atoms with Gasteiger partial charge in [-0.05, 0) is 62.3 Å². The lowest BCUT2D eigenvalue weighted by Crippen LogP contribution is -2.22. The molecule has 0 aliphatic heterocycles. The van der Waals surface area contributed by atoms with Crippen molar-refractivity contribution in [1.29, 1.82) is 0 Å². The molecule has 0 heterocycles. The van der Waals surface area contributed by atoms with Crippen molar-refractivity contribution in [2.75, 3.05) is 6.54 Å². The molecule has 88 valence electrons. The SMILES string of the molecule is Cc1cccc(C(C)NCC2CC2C)c1C. The van der Waals surface area contributed by atoms with E-state index < -0.39 is 0 Å². The van der Waals surface area contributed by atoms with Crippen LogP contribution in [-0.2, 0) is 0 Å². The average Bonchev–Trinajstić information content (AvgIpc) is 2.95. The van der Waals surface area contributed by atoms with Gasteiger partial charge in [0.15, 0.2) is 0 Å². The molecule has 1 aliphatic rings. The van der Waals surface area contributed by atoms with Crippen molar-refractivity contribution in [3.8, 4) is 0 Å². The maximum atomic E-state index is 3.66. The van der Waals surface area contributed by atoms with Crippen LogP contribution >= 0.6 is 0 Å². The summed E-state index contributed by atoms with van der Waals surface area (Å²) in [6.07, 6.45) is 1.41. The molecule has 1 nitrogen and oxygen atoms in total. The maximum Gasteiger partial charge on any atom is 0.0294 e. The number of rotatable bonds is 4. The Hall–Kier alpha value is -0.820. The van der Waals surface area contributed by atoms with Crippen LogP contribution in [-0.4, -0.2) is 6.54 Å². The summed E-state index contributed by atoms with van der Waals surface area (Å²) in [5.41, 5.74) is 4.28. The van der Waals surface area contributed by atoms with E-state index in [4.69, 9.17) is 0 Å². The van der Waals surface area contributed by atoms with E-state index in [1.807, 2.05) is 0 Å². The molecule has 1 aliphatic carbocycles. The molecule has 3 unspecified atom stereocenters. The van der Waals surface area contributed by atoms with Crippen LogP contribution in [0.2, 0.25) is 0 Å². The van der Waals surface area contributed by atoms with Crippen molar-refractivity contribution >= 4 is 0 Å². The van der Waals surface area contributed by atoms with Crippen LogP contribution < -0.4 is 5.32 Å². The highest BCUT2D eigenvalue weighted by Gasteiger charge is 2.32. The topological polar surface area (TPSA) is 12.0 Å². The van der Waals surface area contributed by atoms with Crippen LogP contribution in [0.25, 0.3) is 0 Å². The Bertz CT molecular complexity index is 370. The third-order valence-electron chi connectivity index (χ3n) is 4.08. The lowest BCUT2D eigenvalue weighted by Gasteiger charge is -2.17. The van der Waals surface area contributed by atoms with Crippen molar-refractivity contribution in [2.45, 2.75) is 40.2 Å². The van der Waals surface area contributed by atoms with Crippen molar-refractivity contribution in [2.24, 2.45) is 11.8 Å². The quantitative estimate of drug-likeness (QED) is 0.812. The Morgan fingerprint density at radius 2 is 2.06 bits per heavy atom. The van der Waals surface area contributed by atoms with Gasteiger partial charge in [0.05, 0.1) is 0 Å². The second-order valence-electron chi connectivity index (χ2n) is 5.39. The van der Waals surface area contributed by atoms with E-state index in [0.717, 1.165) is 11.8 Å². The molecule has 0 amide bonds. The first-order chi connectivity index (χ1) is 7.59. The highest BCUT2D eigenvalue weighted by Crippen LogP contribution is 2.37. The monoisotopic (exact) mass is 217 g/mol. The Labute approximate surface area is 99.3 Å². The summed E-state index contributed by atoms with van der Waals surface area (Å²) < 4.78 is 0. The number of hydrogen-bond acceptors (Lipinski definition) is 1. The highest BCUT2D eigenvalue weighted by atomic mass is 14.9. The highest BCUT2D eigenvalue weighted by molar-refractivity contribution is 5.35. The van der Waals surface area contributed by atoms with Crippen LogP contribution in [0, 0.1) is 25.7 Å². The fourth-order valence-electron chi connectivity index (χ4n) is 2.36. The largest absolute Gasteiger partial charge is 0.310 e. The van der Waals surface area contributed by atoms with Gasteiger partial charge in [-0.3, -0.25) is 0 Å². The minimum absolute atomic E-state index is 0.479. The summed E-state index contributed by atoms with van der Waals surface area (Å²) in [6, 6.07) is 7.08. The van der Waals surface area contributed by atoms with Crippen molar-refractivity contribution in [1.82, 2.24) is 5.32 Å². The van der Waals surface area contributed by atoms with E-state index in [-0.39, 0.29) is 0 Å². The van der Waals surface area contributed by atoms with Gasteiger partial charge in [0.25, 0.3) is 0 Å². The molecule has 0 spiro atoms. The summed E-state index contributed by atoms with van der Waals surface area (Å²) in [5, 5.41) is 3.66. The minimum atomic E-state index is 0.479. The first kappa shape index (κ1) is 11.7. The van der Waals surface area contributed by atoms with E-state index in [1.165, 1.54) is 29.7 Å². The van der Waals surface area contributed by atoms with Gasteiger partial charge in [0, 0.05) is 6.04 Å². The Morgan fingerprint density at radius 3 is 2.69 bits per heavy atom. The molecule has 1 fully saturated rings. The van der Waals surface area contributed by atoms with E-state index in [0.29, 0.717) is 6.04 Å². The van der Waals surface area contributed by atoms with Crippen LogP contribution in [0.5, 0.6) is 0 Å². The zero-order valence-corrected chi connectivity index (χ0v) is 10.9. The normalized spacial score (nSPS) is 25.5. The zero-order valence-electron chi connectivity index (χ0n) is 10.9. The molecule has 2 rings (SSSR count). The van der Waals surface area contributed by atoms with Crippen LogP contribution in [0.3, 0.4) is 0 Å². The van der Waals surface area contributed by atoms with Crippen molar-refractivity contribution in [3.05, 3.63) is 34.9 Å². The molecule has 0 bridgehead atoms. The molecule has 16 heavy (non-hydrogen) atoms. The number of benzene rings is 1. The van der Waals surface area contributed by atoms with Crippen LogP contribution in [0.1, 0.15) is 43.0 Å². The number of nitrogens with one attached hydrogen (secondary N) is 1. The molecule has 1 aromatic rings. The fraction of sp³-hybridized carbons (Fsp3) is 0.600. The molecule has 1 saturated carbocycles. The van der Waals surface area contributed by atoms with Gasteiger partial charge in [-0.15, -0.1) is 0 Å². The molecule has 0 saturated heterocycles. The van der Waals surface area contributed by atoms with Crippen LogP contribution in [0.4, 0.5) is 0 Å². The zero-order chi connectivity index (χ0) is 11.7. The third-order valence-corrected chi connectivity index (χ3v) is 4.08. The van der Waals surface area contributed by atoms with Gasteiger partial charge in [0.2, 0.25) is 0 Å². The predicted molar refractivity (Wildman–Crippen MR) is 69.6 cm³/mol. The second-order valence-corrected chi connectivity index (χ2v) is 5.39. The molecule has 3 atom stereocenters. The van der Waals surface area contributed by atoms with Gasteiger partial charge in [-0.1, -0.05) is 25.1 Å². The van der Waals surface area contributed by atoms with Gasteiger partial charge in [0.1, 0.15) is 0 Å². The summed E-state index contributed by atoms with van der Waals surface area (Å²) >= 11 is 0. The summed E-state index contributed by atoms with van der Waals surface area (Å²) in [7, 11) is 0. The van der Waals surface area contributed by atoms with Crippen LogP contribution in [0.15, 0.2) is 18.2 Å². The van der Waals surface area contributed by atoms with E-state index in [2.05, 4.69) is 51.2 Å². The molecule has 1 N–H and O–H groups in total. The van der Waals surface area contributed by atoms with E-state index >= 15 is 0 Å². The molecule has 0 aromatic heterocycles. The van der Waals surface area contributed by atoms with E-state index in [1.54, 1.807) is 0 Å². The van der Waals surface area contributed by atoms with Crippen molar-refractivity contribution in [3.63, 3.8) is 0 Å². The van der Waals surface area contributed by atoms with Gasteiger partial charge >= 0.3 is 0 Å². The Kier molecular flexibility index (Phi) is 3.34. The standard InChI is InChI=1S/C15H23N/c1-10-6-5-7-15(12(10)3)13(4)16-9-14-8-11(14)2/h5-7,11,13-14,16H,8-9H2,1-4H3. The average molecular weight is 217 g/mol. The lowest BCUT2D eigenvalue weighted by molar-refractivity contribution is 0.533. The second kappa shape index (κ2) is 4.58. The molecular formula is C15H23N. The third kappa shape index (κ3) is 2.46. The van der Waals surface area contributed by atoms with E-state index in [9.17, 15) is 0 Å². The smallest absolute Gasteiger partial charge is 0.0294 e. The molecule has 1 heteroatoms. The molecule has 1 aromatic carbocycles. The minimum Gasteiger partial charge on any atom is -0.310 e. The Morgan fingerprint density at radius 1 is 1.38 bits per heavy atom. The number of hydrogen-bond donors (Lipinski definition) is 1. The first-order valence-electron chi connectivity index (χ1n) is 6.39. The lowest BCUT2D eigenvalue weighted by atomic mass is 9.98. The fourth-order valence-corrected chi connectivity index (χ4v) is 2.36. The number of aryl methyl sites for hydroxylation is 1. The van der Waals surface area contributed by atoms with Gasteiger partial charge in [-0.25, -0.2) is 0 Å². The van der Waals surface area contributed by atoms with Crippen molar-refractivity contribution < 1.29 is 0 Å². The summed E-state index contributed by atoms with van der Waals surface area (Å²) in [5.74, 6) is 1.87. The maximum absolute atomic E-state index is 3.66. The Balaban J connectivity index is 1.97. The first-order valence-corrected chi connectivity index (χ1v) is 6.39. The predicted octanol–water partition coefficient (Wildman–Crippen LogP) is 3.61. The summed E-state index contributed by atoms with van der Waals surface area (Å²) in [6.45, 7) is 10.2. The molecular weight excluding hydrogens is 194 g/mol. The van der Waals surface area contributed by atoms with Gasteiger partial charge in [-0.2, -0.15) is 0 Å².